The summed E-state index contributed by atoms with van der Waals surface area (Å²) < 4.78 is 0.483. The van der Waals surface area contributed by atoms with E-state index in [0.717, 1.165) is 27.6 Å². The molecule has 0 aromatic heterocycles. The summed E-state index contributed by atoms with van der Waals surface area (Å²) >= 11 is 6.64. The Balaban J connectivity index is 1.37. The van der Waals surface area contributed by atoms with Gasteiger partial charge < -0.3 is 5.32 Å². The fourth-order valence-electron chi connectivity index (χ4n) is 3.21. The molecule has 0 atom stereocenters. The minimum atomic E-state index is -0.151. The summed E-state index contributed by atoms with van der Waals surface area (Å²) in [5.41, 5.74) is 2.86. The van der Waals surface area contributed by atoms with Crippen LogP contribution < -0.4 is 5.32 Å². The van der Waals surface area contributed by atoms with Crippen LogP contribution in [-0.4, -0.2) is 27.6 Å². The number of carbonyl (C=O) groups excluding carboxylic acids is 2. The molecule has 4 nitrogen and oxygen atoms in total. The number of aryl methyl sites for hydroxylation is 1. The van der Waals surface area contributed by atoms with E-state index in [0.29, 0.717) is 9.23 Å². The van der Waals surface area contributed by atoms with E-state index in [-0.39, 0.29) is 24.8 Å². The molecular formula is C24H20N2O2S2. The first-order chi connectivity index (χ1) is 14.5. The summed E-state index contributed by atoms with van der Waals surface area (Å²) in [5, 5.41) is 5.08. The zero-order valence-corrected chi connectivity index (χ0v) is 18.1. The molecule has 1 N–H and O–H groups in total. The Bertz CT molecular complexity index is 1170. The Kier molecular flexibility index (Phi) is 5.97. The van der Waals surface area contributed by atoms with Gasteiger partial charge in [-0.25, -0.2) is 0 Å². The summed E-state index contributed by atoms with van der Waals surface area (Å²) in [7, 11) is 0. The Hall–Kier alpha value is -2.96. The third-order valence-electron chi connectivity index (χ3n) is 4.84. The number of nitrogens with one attached hydrogen (secondary N) is 1. The first-order valence-electron chi connectivity index (χ1n) is 9.60. The van der Waals surface area contributed by atoms with E-state index in [2.05, 4.69) is 5.32 Å². The number of benzene rings is 3. The maximum absolute atomic E-state index is 12.7. The van der Waals surface area contributed by atoms with E-state index in [1.807, 2.05) is 79.7 Å². The molecule has 0 radical (unpaired) electrons. The Morgan fingerprint density at radius 2 is 1.80 bits per heavy atom. The lowest BCUT2D eigenvalue weighted by molar-refractivity contribution is -0.122. The number of nitrogens with zero attached hydrogens (tertiary/aromatic N) is 1. The molecule has 0 aliphatic carbocycles. The first-order valence-corrected chi connectivity index (χ1v) is 10.8. The number of anilines is 1. The molecule has 3 aromatic carbocycles. The van der Waals surface area contributed by atoms with Crippen molar-refractivity contribution in [2.45, 2.75) is 13.3 Å². The first kappa shape index (κ1) is 20.3. The van der Waals surface area contributed by atoms with Gasteiger partial charge in [-0.1, -0.05) is 84.1 Å². The lowest BCUT2D eigenvalue weighted by Gasteiger charge is -2.14. The quantitative estimate of drug-likeness (QED) is 0.434. The molecule has 150 valence electrons. The van der Waals surface area contributed by atoms with Gasteiger partial charge in [0, 0.05) is 18.7 Å². The number of hydrogen-bond donors (Lipinski definition) is 1. The molecule has 4 rings (SSSR count). The molecule has 30 heavy (non-hydrogen) atoms. The number of thioether (sulfide) groups is 1. The van der Waals surface area contributed by atoms with Crippen molar-refractivity contribution in [3.8, 4) is 0 Å². The normalized spacial score (nSPS) is 15.2. The van der Waals surface area contributed by atoms with E-state index >= 15 is 0 Å². The second-order valence-electron chi connectivity index (χ2n) is 7.10. The lowest BCUT2D eigenvalue weighted by atomic mass is 10.1. The summed E-state index contributed by atoms with van der Waals surface area (Å²) in [4.78, 5) is 27.2. The van der Waals surface area contributed by atoms with Gasteiger partial charge in [0.05, 0.1) is 4.91 Å². The van der Waals surface area contributed by atoms with Gasteiger partial charge >= 0.3 is 0 Å². The average Bonchev–Trinajstić information content (AvgIpc) is 3.00. The number of hydrogen-bond acceptors (Lipinski definition) is 4. The van der Waals surface area contributed by atoms with E-state index < -0.39 is 0 Å². The van der Waals surface area contributed by atoms with Crippen LogP contribution in [0.3, 0.4) is 0 Å². The van der Waals surface area contributed by atoms with Crippen LogP contribution in [-0.2, 0) is 9.59 Å². The predicted molar refractivity (Wildman–Crippen MR) is 128 cm³/mol. The molecule has 1 saturated heterocycles. The topological polar surface area (TPSA) is 49.4 Å². The molecule has 1 fully saturated rings. The highest BCUT2D eigenvalue weighted by Crippen LogP contribution is 2.32. The third-order valence-corrected chi connectivity index (χ3v) is 6.22. The van der Waals surface area contributed by atoms with E-state index in [1.165, 1.54) is 16.7 Å². The highest BCUT2D eigenvalue weighted by Gasteiger charge is 2.32. The van der Waals surface area contributed by atoms with E-state index in [1.54, 1.807) is 0 Å². The van der Waals surface area contributed by atoms with Gasteiger partial charge in [0.15, 0.2) is 0 Å². The van der Waals surface area contributed by atoms with Crippen molar-refractivity contribution in [1.29, 1.82) is 0 Å². The SMILES string of the molecule is Cc1ccc(/C=C2/SC(=S)N(CCC(=O)Nc3ccc4ccccc4c3)C2=O)cc1. The summed E-state index contributed by atoms with van der Waals surface area (Å²) in [6, 6.07) is 21.7. The van der Waals surface area contributed by atoms with Crippen LogP contribution in [0.2, 0.25) is 0 Å². The molecule has 1 aliphatic rings. The summed E-state index contributed by atoms with van der Waals surface area (Å²) in [5.74, 6) is -0.300. The van der Waals surface area contributed by atoms with Crippen molar-refractivity contribution in [2.24, 2.45) is 0 Å². The Morgan fingerprint density at radius 3 is 2.57 bits per heavy atom. The highest BCUT2D eigenvalue weighted by atomic mass is 32.2. The number of carbonyl (C=O) groups is 2. The van der Waals surface area contributed by atoms with Crippen LogP contribution >= 0.6 is 24.0 Å². The van der Waals surface area contributed by atoms with Gasteiger partial charge in [0.1, 0.15) is 4.32 Å². The standard InChI is InChI=1S/C24H20N2O2S2/c1-16-6-8-17(9-7-16)14-21-23(28)26(24(29)30-21)13-12-22(27)25-20-11-10-18-4-2-3-5-19(18)15-20/h2-11,14-15H,12-13H2,1H3,(H,25,27)/b21-14+. The van der Waals surface area contributed by atoms with Gasteiger partial charge in [-0.15, -0.1) is 0 Å². The van der Waals surface area contributed by atoms with Crippen molar-refractivity contribution in [2.75, 3.05) is 11.9 Å². The molecule has 0 bridgehead atoms. The van der Waals surface area contributed by atoms with Gasteiger partial charge in [0.25, 0.3) is 5.91 Å². The second-order valence-corrected chi connectivity index (χ2v) is 8.78. The van der Waals surface area contributed by atoms with Crippen LogP contribution in [0, 0.1) is 6.92 Å². The Morgan fingerprint density at radius 1 is 1.07 bits per heavy atom. The van der Waals surface area contributed by atoms with Gasteiger partial charge in [-0.3, -0.25) is 14.5 Å². The largest absolute Gasteiger partial charge is 0.326 e. The van der Waals surface area contributed by atoms with Crippen LogP contribution in [0.1, 0.15) is 17.5 Å². The van der Waals surface area contributed by atoms with Crippen LogP contribution in [0.4, 0.5) is 5.69 Å². The maximum Gasteiger partial charge on any atom is 0.266 e. The van der Waals surface area contributed by atoms with Crippen molar-refractivity contribution < 1.29 is 9.59 Å². The van der Waals surface area contributed by atoms with Crippen molar-refractivity contribution in [1.82, 2.24) is 4.90 Å². The molecular weight excluding hydrogens is 412 g/mol. The van der Waals surface area contributed by atoms with E-state index in [9.17, 15) is 9.59 Å². The number of rotatable bonds is 5. The fourth-order valence-corrected chi connectivity index (χ4v) is 4.52. The summed E-state index contributed by atoms with van der Waals surface area (Å²) in [6.45, 7) is 2.28. The monoisotopic (exact) mass is 432 g/mol. The molecule has 1 aliphatic heterocycles. The highest BCUT2D eigenvalue weighted by molar-refractivity contribution is 8.26. The van der Waals surface area contributed by atoms with Crippen LogP contribution in [0.25, 0.3) is 16.8 Å². The van der Waals surface area contributed by atoms with Crippen LogP contribution in [0.5, 0.6) is 0 Å². The number of amides is 2. The van der Waals surface area contributed by atoms with Gasteiger partial charge in [0.2, 0.25) is 5.91 Å². The fraction of sp³-hybridized carbons (Fsp3) is 0.125. The zero-order valence-electron chi connectivity index (χ0n) is 16.4. The van der Waals surface area contributed by atoms with Crippen molar-refractivity contribution >= 4 is 62.7 Å². The second kappa shape index (κ2) is 8.81. The number of fused-ring (bicyclic) bond motifs is 1. The molecule has 1 heterocycles. The maximum atomic E-state index is 12.7. The van der Waals surface area contributed by atoms with Crippen LogP contribution in [0.15, 0.2) is 71.6 Å². The van der Waals surface area contributed by atoms with Gasteiger partial charge in [-0.05, 0) is 41.5 Å². The molecule has 3 aromatic rings. The number of thiocarbonyl (C=S) groups is 1. The molecule has 0 saturated carbocycles. The molecule has 0 unspecified atom stereocenters. The molecule has 0 spiro atoms. The Labute approximate surface area is 185 Å². The lowest BCUT2D eigenvalue weighted by Crippen LogP contribution is -2.31. The minimum absolute atomic E-state index is 0.149. The van der Waals surface area contributed by atoms with Crippen molar-refractivity contribution in [3.63, 3.8) is 0 Å². The van der Waals surface area contributed by atoms with E-state index in [4.69, 9.17) is 12.2 Å². The predicted octanol–water partition coefficient (Wildman–Crippen LogP) is 5.38. The smallest absolute Gasteiger partial charge is 0.266 e. The third kappa shape index (κ3) is 4.61. The van der Waals surface area contributed by atoms with Crippen molar-refractivity contribution in [3.05, 3.63) is 82.8 Å². The zero-order chi connectivity index (χ0) is 21.1. The molecule has 2 amide bonds. The average molecular weight is 433 g/mol. The summed E-state index contributed by atoms with van der Waals surface area (Å²) in [6.07, 6.45) is 2.02. The minimum Gasteiger partial charge on any atom is -0.326 e. The molecule has 6 heteroatoms. The van der Waals surface area contributed by atoms with Gasteiger partial charge in [-0.2, -0.15) is 0 Å².